The van der Waals surface area contributed by atoms with Crippen molar-refractivity contribution in [3.05, 3.63) is 28.7 Å². The van der Waals surface area contributed by atoms with Crippen LogP contribution in [0, 0.1) is 0 Å². The van der Waals surface area contributed by atoms with Crippen molar-refractivity contribution in [1.29, 1.82) is 0 Å². The molecule has 1 amide bonds. The molecule has 1 aromatic rings. The summed E-state index contributed by atoms with van der Waals surface area (Å²) < 4.78 is 11.1. The molecule has 1 fully saturated rings. The number of nitrogens with zero attached hydrogens (tertiary/aromatic N) is 1. The molecular weight excluding hydrogens is 338 g/mol. The van der Waals surface area contributed by atoms with Gasteiger partial charge in [-0.3, -0.25) is 4.79 Å². The van der Waals surface area contributed by atoms with E-state index in [-0.39, 0.29) is 18.5 Å². The molecule has 21 heavy (non-hydrogen) atoms. The van der Waals surface area contributed by atoms with Crippen LogP contribution < -0.4 is 4.74 Å². The zero-order valence-electron chi connectivity index (χ0n) is 11.9. The van der Waals surface area contributed by atoms with Gasteiger partial charge in [-0.25, -0.2) is 4.79 Å². The molecule has 1 saturated heterocycles. The molecule has 6 heteroatoms. The Labute approximate surface area is 132 Å². The second kappa shape index (κ2) is 7.45. The van der Waals surface area contributed by atoms with E-state index in [9.17, 15) is 9.59 Å². The van der Waals surface area contributed by atoms with Crippen molar-refractivity contribution in [3.63, 3.8) is 0 Å². The first-order valence-corrected chi connectivity index (χ1v) is 7.67. The number of esters is 1. The van der Waals surface area contributed by atoms with Gasteiger partial charge in [-0.05, 0) is 37.5 Å². The summed E-state index contributed by atoms with van der Waals surface area (Å²) in [5, 5.41) is 0. The van der Waals surface area contributed by atoms with Crippen LogP contribution >= 0.6 is 15.9 Å². The summed E-state index contributed by atoms with van der Waals surface area (Å²) in [5.41, 5.74) is 0. The van der Waals surface area contributed by atoms with E-state index in [1.807, 2.05) is 12.1 Å². The molecule has 1 aliphatic heterocycles. The molecule has 1 unspecified atom stereocenters. The molecule has 1 atom stereocenters. The number of likely N-dealkylation sites (tertiary alicyclic amines) is 1. The zero-order chi connectivity index (χ0) is 15.2. The van der Waals surface area contributed by atoms with Gasteiger partial charge in [-0.15, -0.1) is 0 Å². The lowest BCUT2D eigenvalue weighted by Gasteiger charge is -2.33. The van der Waals surface area contributed by atoms with Gasteiger partial charge >= 0.3 is 5.97 Å². The fraction of sp³-hybridized carbons (Fsp3) is 0.467. The number of rotatable bonds is 4. The molecule has 0 radical (unpaired) electrons. The first kappa shape index (κ1) is 15.8. The normalized spacial score (nSPS) is 18.2. The Morgan fingerprint density at radius 2 is 2.19 bits per heavy atom. The summed E-state index contributed by atoms with van der Waals surface area (Å²) in [7, 11) is 1.34. The highest BCUT2D eigenvalue weighted by Gasteiger charge is 2.32. The van der Waals surface area contributed by atoms with Crippen LogP contribution in [0.1, 0.15) is 19.3 Å². The average molecular weight is 356 g/mol. The van der Waals surface area contributed by atoms with Gasteiger partial charge < -0.3 is 14.4 Å². The molecule has 1 aliphatic rings. The fourth-order valence-electron chi connectivity index (χ4n) is 2.40. The first-order valence-electron chi connectivity index (χ1n) is 6.87. The Hall–Kier alpha value is -1.56. The van der Waals surface area contributed by atoms with Crippen molar-refractivity contribution in [3.8, 4) is 5.75 Å². The third-order valence-corrected chi connectivity index (χ3v) is 3.95. The third kappa shape index (κ3) is 4.20. The summed E-state index contributed by atoms with van der Waals surface area (Å²) in [5.74, 6) is 0.0694. The standard InChI is InChI=1S/C15H18BrNO4/c1-20-15(19)13-7-2-3-8-17(13)14(18)10-21-12-6-4-5-11(16)9-12/h4-6,9,13H,2-3,7-8,10H2,1H3. The van der Waals surface area contributed by atoms with E-state index in [4.69, 9.17) is 9.47 Å². The second-order valence-corrected chi connectivity index (χ2v) is 5.78. The Morgan fingerprint density at radius 3 is 2.90 bits per heavy atom. The van der Waals surface area contributed by atoms with Crippen LogP contribution in [0.5, 0.6) is 5.75 Å². The van der Waals surface area contributed by atoms with Crippen LogP contribution in [0.4, 0.5) is 0 Å². The molecule has 2 rings (SSSR count). The van der Waals surface area contributed by atoms with Crippen molar-refractivity contribution < 1.29 is 19.1 Å². The molecule has 0 N–H and O–H groups in total. The maximum absolute atomic E-state index is 12.3. The summed E-state index contributed by atoms with van der Waals surface area (Å²) in [6.45, 7) is 0.490. The molecule has 0 spiro atoms. The number of carbonyl (C=O) groups excluding carboxylic acids is 2. The molecule has 0 aliphatic carbocycles. The van der Waals surface area contributed by atoms with E-state index in [0.717, 1.165) is 17.3 Å². The first-order chi connectivity index (χ1) is 10.1. The monoisotopic (exact) mass is 355 g/mol. The van der Waals surface area contributed by atoms with E-state index in [1.165, 1.54) is 7.11 Å². The SMILES string of the molecule is COC(=O)C1CCCCN1C(=O)COc1cccc(Br)c1. The topological polar surface area (TPSA) is 55.8 Å². The maximum atomic E-state index is 12.3. The van der Waals surface area contributed by atoms with Gasteiger partial charge in [0.15, 0.2) is 6.61 Å². The number of carbonyl (C=O) groups is 2. The van der Waals surface area contributed by atoms with Crippen LogP contribution in [0.15, 0.2) is 28.7 Å². The third-order valence-electron chi connectivity index (χ3n) is 3.45. The zero-order valence-corrected chi connectivity index (χ0v) is 13.5. The molecule has 114 valence electrons. The van der Waals surface area contributed by atoms with Crippen molar-refractivity contribution in [1.82, 2.24) is 4.90 Å². The van der Waals surface area contributed by atoms with Gasteiger partial charge in [0.1, 0.15) is 11.8 Å². The second-order valence-electron chi connectivity index (χ2n) is 4.87. The van der Waals surface area contributed by atoms with Gasteiger partial charge in [-0.2, -0.15) is 0 Å². The minimum atomic E-state index is -0.484. The number of hydrogen-bond donors (Lipinski definition) is 0. The predicted molar refractivity (Wildman–Crippen MR) is 81.0 cm³/mol. The maximum Gasteiger partial charge on any atom is 0.328 e. The number of benzene rings is 1. The van der Waals surface area contributed by atoms with Crippen molar-refractivity contribution >= 4 is 27.8 Å². The number of ether oxygens (including phenoxy) is 2. The number of amides is 1. The van der Waals surface area contributed by atoms with Gasteiger partial charge in [0.05, 0.1) is 7.11 Å². The molecule has 1 heterocycles. The quantitative estimate of drug-likeness (QED) is 0.778. The molecule has 0 bridgehead atoms. The molecule has 0 saturated carbocycles. The average Bonchev–Trinajstić information content (AvgIpc) is 2.52. The Bertz CT molecular complexity index is 520. The number of hydrogen-bond acceptors (Lipinski definition) is 4. The van der Waals surface area contributed by atoms with E-state index < -0.39 is 6.04 Å². The number of halogens is 1. The molecule has 5 nitrogen and oxygen atoms in total. The smallest absolute Gasteiger partial charge is 0.328 e. The fourth-order valence-corrected chi connectivity index (χ4v) is 2.77. The van der Waals surface area contributed by atoms with Crippen LogP contribution in [0.2, 0.25) is 0 Å². The minimum Gasteiger partial charge on any atom is -0.484 e. The lowest BCUT2D eigenvalue weighted by molar-refractivity contribution is -0.155. The van der Waals surface area contributed by atoms with Gasteiger partial charge in [0, 0.05) is 11.0 Å². The number of piperidine rings is 1. The molecular formula is C15H18BrNO4. The molecule has 1 aromatic carbocycles. The Balaban J connectivity index is 1.96. The van der Waals surface area contributed by atoms with Crippen LogP contribution in [0.3, 0.4) is 0 Å². The van der Waals surface area contributed by atoms with Crippen molar-refractivity contribution in [2.24, 2.45) is 0 Å². The van der Waals surface area contributed by atoms with E-state index in [1.54, 1.807) is 17.0 Å². The minimum absolute atomic E-state index is 0.0794. The summed E-state index contributed by atoms with van der Waals surface area (Å²) in [6.07, 6.45) is 2.47. The highest BCUT2D eigenvalue weighted by molar-refractivity contribution is 9.10. The van der Waals surface area contributed by atoms with E-state index >= 15 is 0 Å². The number of methoxy groups -OCH3 is 1. The van der Waals surface area contributed by atoms with Crippen molar-refractivity contribution in [2.45, 2.75) is 25.3 Å². The van der Waals surface area contributed by atoms with Crippen molar-refractivity contribution in [2.75, 3.05) is 20.3 Å². The summed E-state index contributed by atoms with van der Waals surface area (Å²) >= 11 is 3.35. The summed E-state index contributed by atoms with van der Waals surface area (Å²) in [4.78, 5) is 25.6. The Morgan fingerprint density at radius 1 is 1.38 bits per heavy atom. The van der Waals surface area contributed by atoms with Crippen LogP contribution in [0.25, 0.3) is 0 Å². The summed E-state index contributed by atoms with van der Waals surface area (Å²) in [6, 6.07) is 6.81. The van der Waals surface area contributed by atoms with Gasteiger partial charge in [-0.1, -0.05) is 22.0 Å². The predicted octanol–water partition coefficient (Wildman–Crippen LogP) is 2.38. The largest absolute Gasteiger partial charge is 0.484 e. The highest BCUT2D eigenvalue weighted by atomic mass is 79.9. The lowest BCUT2D eigenvalue weighted by Crippen LogP contribution is -2.50. The van der Waals surface area contributed by atoms with E-state index in [2.05, 4.69) is 15.9 Å². The van der Waals surface area contributed by atoms with E-state index in [0.29, 0.717) is 18.7 Å². The highest BCUT2D eigenvalue weighted by Crippen LogP contribution is 2.20. The van der Waals surface area contributed by atoms with Crippen LogP contribution in [-0.2, 0) is 14.3 Å². The van der Waals surface area contributed by atoms with Gasteiger partial charge in [0.25, 0.3) is 5.91 Å². The molecule has 0 aromatic heterocycles. The van der Waals surface area contributed by atoms with Gasteiger partial charge in [0.2, 0.25) is 0 Å². The van der Waals surface area contributed by atoms with Crippen LogP contribution in [-0.4, -0.2) is 43.1 Å². The Kier molecular flexibility index (Phi) is 5.61. The lowest BCUT2D eigenvalue weighted by atomic mass is 10.0.